The molecule has 28 heavy (non-hydrogen) atoms. The zero-order valence-corrected chi connectivity index (χ0v) is 17.4. The summed E-state index contributed by atoms with van der Waals surface area (Å²) in [5.41, 5.74) is 2.95. The normalized spacial score (nSPS) is 13.6. The molecule has 0 radical (unpaired) electrons. The van der Waals surface area contributed by atoms with Gasteiger partial charge >= 0.3 is 0 Å². The van der Waals surface area contributed by atoms with Crippen LogP contribution in [0.2, 0.25) is 0 Å². The van der Waals surface area contributed by atoms with Crippen molar-refractivity contribution in [3.05, 3.63) is 59.4 Å². The number of carbonyl (C=O) groups excluding carboxylic acids is 2. The fourth-order valence-electron chi connectivity index (χ4n) is 3.42. The van der Waals surface area contributed by atoms with Gasteiger partial charge in [-0.15, -0.1) is 0 Å². The van der Waals surface area contributed by atoms with Gasteiger partial charge in [-0.2, -0.15) is 0 Å². The van der Waals surface area contributed by atoms with E-state index in [1.54, 1.807) is 4.90 Å². The van der Waals surface area contributed by atoms with E-state index in [2.05, 4.69) is 6.92 Å². The van der Waals surface area contributed by atoms with Crippen molar-refractivity contribution in [2.45, 2.75) is 58.7 Å². The summed E-state index contributed by atoms with van der Waals surface area (Å²) < 4.78 is 2.04. The topological polar surface area (TPSA) is 45.6 Å². The minimum atomic E-state index is -0.0828. The largest absolute Gasteiger partial charge is 0.353 e. The molecule has 2 aromatic rings. The lowest BCUT2D eigenvalue weighted by molar-refractivity contribution is -0.133. The first-order valence-corrected chi connectivity index (χ1v) is 10.2. The fourth-order valence-corrected chi connectivity index (χ4v) is 3.42. The minimum absolute atomic E-state index is 0.0240. The number of aromatic nitrogens is 1. The smallest absolute Gasteiger partial charge is 0.254 e. The predicted molar refractivity (Wildman–Crippen MR) is 111 cm³/mol. The molecule has 1 heterocycles. The number of rotatable bonds is 8. The third-order valence-electron chi connectivity index (χ3n) is 5.49. The van der Waals surface area contributed by atoms with Crippen LogP contribution >= 0.6 is 0 Å². The molecular weight excluding hydrogens is 350 g/mol. The van der Waals surface area contributed by atoms with Crippen molar-refractivity contribution in [3.8, 4) is 0 Å². The fraction of sp³-hybridized carbons (Fsp3) is 0.478. The van der Waals surface area contributed by atoms with E-state index in [-0.39, 0.29) is 24.4 Å². The number of benzene rings is 1. The molecule has 5 heteroatoms. The molecule has 0 unspecified atom stereocenters. The third kappa shape index (κ3) is 4.64. The van der Waals surface area contributed by atoms with Crippen molar-refractivity contribution < 1.29 is 9.59 Å². The van der Waals surface area contributed by atoms with Crippen LogP contribution in [0, 0.1) is 0 Å². The van der Waals surface area contributed by atoms with Crippen molar-refractivity contribution in [1.82, 2.24) is 14.4 Å². The Kier molecular flexibility index (Phi) is 6.22. The van der Waals surface area contributed by atoms with Crippen molar-refractivity contribution in [2.75, 3.05) is 6.54 Å². The van der Waals surface area contributed by atoms with Gasteiger partial charge in [0.1, 0.15) is 6.54 Å². The minimum Gasteiger partial charge on any atom is -0.353 e. The van der Waals surface area contributed by atoms with Gasteiger partial charge in [0.2, 0.25) is 5.91 Å². The SMILES string of the molecule is CCc1ccc(C(=O)N(CC(=O)N(Cc2cccn2C)C2CC2)C(C)C)cc1. The molecule has 0 aliphatic heterocycles. The maximum absolute atomic E-state index is 13.1. The van der Waals surface area contributed by atoms with Gasteiger partial charge in [0.15, 0.2) is 0 Å². The Morgan fingerprint density at radius 2 is 1.82 bits per heavy atom. The molecule has 1 aliphatic rings. The maximum atomic E-state index is 13.1. The molecule has 1 aromatic carbocycles. The molecule has 150 valence electrons. The number of hydrogen-bond donors (Lipinski definition) is 0. The van der Waals surface area contributed by atoms with E-state index >= 15 is 0 Å². The van der Waals surface area contributed by atoms with Crippen LogP contribution in [-0.2, 0) is 24.8 Å². The molecule has 1 saturated carbocycles. The molecule has 0 spiro atoms. The van der Waals surface area contributed by atoms with Crippen LogP contribution in [-0.4, -0.2) is 44.8 Å². The van der Waals surface area contributed by atoms with Crippen molar-refractivity contribution in [1.29, 1.82) is 0 Å². The quantitative estimate of drug-likeness (QED) is 0.701. The maximum Gasteiger partial charge on any atom is 0.254 e. The molecule has 1 aliphatic carbocycles. The summed E-state index contributed by atoms with van der Waals surface area (Å²) in [6, 6.07) is 12.0. The standard InChI is InChI=1S/C23H31N3O2/c1-5-18-8-10-19(11-9-18)23(28)25(17(2)3)16-22(27)26(20-12-13-20)15-21-7-6-14-24(21)4/h6-11,14,17,20H,5,12-13,15-16H2,1-4H3. The lowest BCUT2D eigenvalue weighted by Gasteiger charge is -2.30. The van der Waals surface area contributed by atoms with Gasteiger partial charge in [-0.1, -0.05) is 19.1 Å². The molecule has 1 fully saturated rings. The van der Waals surface area contributed by atoms with Gasteiger partial charge < -0.3 is 14.4 Å². The summed E-state index contributed by atoms with van der Waals surface area (Å²) in [5.74, 6) is -0.0588. The Morgan fingerprint density at radius 1 is 1.14 bits per heavy atom. The van der Waals surface area contributed by atoms with Crippen LogP contribution in [0.3, 0.4) is 0 Å². The van der Waals surface area contributed by atoms with E-state index < -0.39 is 0 Å². The highest BCUT2D eigenvalue weighted by Gasteiger charge is 2.34. The second kappa shape index (κ2) is 8.63. The Morgan fingerprint density at radius 3 is 2.32 bits per heavy atom. The number of hydrogen-bond acceptors (Lipinski definition) is 2. The zero-order chi connectivity index (χ0) is 20.3. The summed E-state index contributed by atoms with van der Waals surface area (Å²) in [7, 11) is 1.99. The summed E-state index contributed by atoms with van der Waals surface area (Å²) in [6.07, 6.45) is 5.03. The van der Waals surface area contributed by atoms with E-state index in [9.17, 15) is 9.59 Å². The van der Waals surface area contributed by atoms with Gasteiger partial charge in [0, 0.05) is 36.6 Å². The Hall–Kier alpha value is -2.56. The first-order chi connectivity index (χ1) is 13.4. The molecule has 2 amide bonds. The van der Waals surface area contributed by atoms with Crippen molar-refractivity contribution in [3.63, 3.8) is 0 Å². The zero-order valence-electron chi connectivity index (χ0n) is 17.4. The van der Waals surface area contributed by atoms with E-state index in [0.29, 0.717) is 18.2 Å². The highest BCUT2D eigenvalue weighted by Crippen LogP contribution is 2.29. The summed E-state index contributed by atoms with van der Waals surface area (Å²) >= 11 is 0. The number of carbonyl (C=O) groups is 2. The van der Waals surface area contributed by atoms with Crippen LogP contribution in [0.4, 0.5) is 0 Å². The lowest BCUT2D eigenvalue weighted by Crippen LogP contribution is -2.46. The third-order valence-corrected chi connectivity index (χ3v) is 5.49. The van der Waals surface area contributed by atoms with Crippen LogP contribution < -0.4 is 0 Å². The number of aryl methyl sites for hydroxylation is 2. The van der Waals surface area contributed by atoms with E-state index in [1.807, 2.05) is 73.0 Å². The second-order valence-electron chi connectivity index (χ2n) is 7.94. The molecule has 0 atom stereocenters. The van der Waals surface area contributed by atoms with Crippen molar-refractivity contribution >= 4 is 11.8 Å². The molecule has 3 rings (SSSR count). The Labute approximate surface area is 167 Å². The second-order valence-corrected chi connectivity index (χ2v) is 7.94. The van der Waals surface area contributed by atoms with Crippen molar-refractivity contribution in [2.24, 2.45) is 7.05 Å². The van der Waals surface area contributed by atoms with E-state index in [1.165, 1.54) is 5.56 Å². The summed E-state index contributed by atoms with van der Waals surface area (Å²) in [4.78, 5) is 29.8. The lowest BCUT2D eigenvalue weighted by atomic mass is 10.1. The molecule has 5 nitrogen and oxygen atoms in total. The first-order valence-electron chi connectivity index (χ1n) is 10.2. The van der Waals surface area contributed by atoms with Gasteiger partial charge in [-0.3, -0.25) is 9.59 Å². The van der Waals surface area contributed by atoms with Gasteiger partial charge in [-0.05, 0) is 62.9 Å². The van der Waals surface area contributed by atoms with Crippen LogP contribution in [0.5, 0.6) is 0 Å². The summed E-state index contributed by atoms with van der Waals surface area (Å²) in [5, 5.41) is 0. The highest BCUT2D eigenvalue weighted by molar-refractivity contribution is 5.96. The van der Waals surface area contributed by atoms with Gasteiger partial charge in [-0.25, -0.2) is 0 Å². The Balaban J connectivity index is 1.73. The molecule has 0 N–H and O–H groups in total. The molecule has 0 bridgehead atoms. The highest BCUT2D eigenvalue weighted by atomic mass is 16.2. The Bertz CT molecular complexity index is 819. The van der Waals surface area contributed by atoms with E-state index in [0.717, 1.165) is 25.0 Å². The van der Waals surface area contributed by atoms with Gasteiger partial charge in [0.25, 0.3) is 5.91 Å². The van der Waals surface area contributed by atoms with E-state index in [4.69, 9.17) is 0 Å². The number of nitrogens with zero attached hydrogens (tertiary/aromatic N) is 3. The summed E-state index contributed by atoms with van der Waals surface area (Å²) in [6.45, 7) is 6.73. The number of amides is 2. The predicted octanol–water partition coefficient (Wildman–Crippen LogP) is 3.63. The average Bonchev–Trinajstić information content (AvgIpc) is 3.45. The monoisotopic (exact) mass is 381 g/mol. The molecule has 1 aromatic heterocycles. The van der Waals surface area contributed by atoms with Crippen LogP contribution in [0.15, 0.2) is 42.6 Å². The van der Waals surface area contributed by atoms with Gasteiger partial charge in [0.05, 0.1) is 6.54 Å². The first kappa shape index (κ1) is 20.2. The van der Waals surface area contributed by atoms with Crippen LogP contribution in [0.25, 0.3) is 0 Å². The average molecular weight is 382 g/mol. The molecular formula is C23H31N3O2. The van der Waals surface area contributed by atoms with Crippen LogP contribution in [0.1, 0.15) is 55.2 Å². The molecule has 0 saturated heterocycles.